The molecule has 0 aliphatic carbocycles. The molecule has 0 saturated heterocycles. The van der Waals surface area contributed by atoms with E-state index >= 15 is 0 Å². The number of pyridine rings is 2. The lowest BCUT2D eigenvalue weighted by Crippen LogP contribution is -2.10. The Hall–Kier alpha value is -9.46. The van der Waals surface area contributed by atoms with Crippen LogP contribution < -0.4 is 0 Å². The zero-order valence-corrected chi connectivity index (χ0v) is 37.1. The highest BCUT2D eigenvalue weighted by Crippen LogP contribution is 2.44. The summed E-state index contributed by atoms with van der Waals surface area (Å²) in [7, 11) is 0. The van der Waals surface area contributed by atoms with Gasteiger partial charge >= 0.3 is 0 Å². The van der Waals surface area contributed by atoms with Gasteiger partial charge in [0.1, 0.15) is 0 Å². The van der Waals surface area contributed by atoms with E-state index in [4.69, 9.17) is 19.9 Å². The van der Waals surface area contributed by atoms with Crippen LogP contribution in [0.15, 0.2) is 237 Å². The second-order valence-electron chi connectivity index (χ2n) is 17.5. The third-order valence-electron chi connectivity index (χ3n) is 13.6. The van der Waals surface area contributed by atoms with Crippen molar-refractivity contribution in [3.8, 4) is 62.1 Å². The Bertz CT molecular complexity index is 3950. The maximum atomic E-state index is 5.17. The first-order valence-corrected chi connectivity index (χ1v) is 23.2. The molecule has 0 fully saturated rings. The molecule has 14 aromatic rings. The van der Waals surface area contributed by atoms with Crippen molar-refractivity contribution >= 4 is 65.7 Å². The summed E-state index contributed by atoms with van der Waals surface area (Å²) in [5.41, 5.74) is 18.3. The first kappa shape index (κ1) is 38.8. The molecule has 7 nitrogen and oxygen atoms in total. The lowest BCUT2D eigenvalue weighted by Gasteiger charge is -2.23. The molecule has 0 aliphatic rings. The molecule has 14 rings (SSSR count). The molecule has 0 unspecified atom stereocenters. The third-order valence-corrected chi connectivity index (χ3v) is 13.6. The van der Waals surface area contributed by atoms with Crippen LogP contribution in [0.1, 0.15) is 0 Å². The Morgan fingerprint density at radius 2 is 0.667 bits per heavy atom. The maximum absolute atomic E-state index is 5.17. The molecule has 0 spiro atoms. The fourth-order valence-electron chi connectivity index (χ4n) is 10.5. The highest BCUT2D eigenvalue weighted by atomic mass is 15.1. The molecule has 0 amide bonds. The quantitative estimate of drug-likeness (QED) is 0.160. The minimum absolute atomic E-state index is 0.687. The Balaban J connectivity index is 1.09. The molecule has 7 heteroatoms. The van der Waals surface area contributed by atoms with Crippen molar-refractivity contribution < 1.29 is 0 Å². The number of aromatic nitrogens is 7. The van der Waals surface area contributed by atoms with Gasteiger partial charge in [-0.05, 0) is 77.9 Å². The average Bonchev–Trinajstić information content (AvgIpc) is 4.07. The van der Waals surface area contributed by atoms with Gasteiger partial charge in [0.05, 0.1) is 72.6 Å². The van der Waals surface area contributed by atoms with Crippen LogP contribution in [-0.2, 0) is 0 Å². The van der Waals surface area contributed by atoms with Gasteiger partial charge < -0.3 is 13.7 Å². The van der Waals surface area contributed by atoms with Gasteiger partial charge in [-0.2, -0.15) is 0 Å². The van der Waals surface area contributed by atoms with Crippen LogP contribution in [0.3, 0.4) is 0 Å². The van der Waals surface area contributed by atoms with E-state index in [9.17, 15) is 0 Å². The minimum atomic E-state index is 0.687. The monoisotopic (exact) mass is 881 g/mol. The minimum Gasteiger partial charge on any atom is -0.305 e. The van der Waals surface area contributed by atoms with Crippen molar-refractivity contribution in [2.24, 2.45) is 0 Å². The number of para-hydroxylation sites is 4. The van der Waals surface area contributed by atoms with Crippen LogP contribution in [0, 0.1) is 0 Å². The fourth-order valence-corrected chi connectivity index (χ4v) is 10.5. The van der Waals surface area contributed by atoms with Crippen LogP contribution in [0.4, 0.5) is 0 Å². The highest BCUT2D eigenvalue weighted by Gasteiger charge is 2.26. The number of benzene rings is 8. The van der Waals surface area contributed by atoms with Gasteiger partial charge in [0.15, 0.2) is 5.82 Å². The Morgan fingerprint density at radius 3 is 1.17 bits per heavy atom. The van der Waals surface area contributed by atoms with Crippen molar-refractivity contribution in [2.75, 3.05) is 0 Å². The Morgan fingerprint density at radius 1 is 0.275 bits per heavy atom. The summed E-state index contributed by atoms with van der Waals surface area (Å²) in [5, 5.41) is 4.56. The predicted molar refractivity (Wildman–Crippen MR) is 282 cm³/mol. The van der Waals surface area contributed by atoms with E-state index in [0.29, 0.717) is 5.82 Å². The van der Waals surface area contributed by atoms with Gasteiger partial charge in [-0.1, -0.05) is 158 Å². The normalized spacial score (nSPS) is 11.8. The van der Waals surface area contributed by atoms with Gasteiger partial charge in [-0.15, -0.1) is 0 Å². The molecular formula is C62H39N7. The first-order chi connectivity index (χ1) is 34.2. The molecular weight excluding hydrogens is 843 g/mol. The van der Waals surface area contributed by atoms with E-state index in [-0.39, 0.29) is 0 Å². The lowest BCUT2D eigenvalue weighted by molar-refractivity contribution is 1.05. The topological polar surface area (TPSA) is 66.3 Å². The summed E-state index contributed by atoms with van der Waals surface area (Å²) < 4.78 is 7.31. The van der Waals surface area contributed by atoms with Crippen LogP contribution >= 0.6 is 0 Å². The molecule has 0 bridgehead atoms. The molecule has 0 radical (unpaired) electrons. The van der Waals surface area contributed by atoms with Crippen molar-refractivity contribution in [1.29, 1.82) is 0 Å². The van der Waals surface area contributed by atoms with Gasteiger partial charge in [-0.3, -0.25) is 9.97 Å². The van der Waals surface area contributed by atoms with Crippen molar-refractivity contribution in [3.63, 3.8) is 0 Å². The lowest BCUT2D eigenvalue weighted by atomic mass is 9.99. The molecule has 0 N–H and O–H groups in total. The van der Waals surface area contributed by atoms with E-state index in [1.807, 2.05) is 48.8 Å². The Kier molecular flexibility index (Phi) is 8.75. The molecule has 6 aromatic heterocycles. The number of rotatable bonds is 7. The van der Waals surface area contributed by atoms with Crippen LogP contribution in [0.2, 0.25) is 0 Å². The molecule has 6 heterocycles. The van der Waals surface area contributed by atoms with Crippen LogP contribution in [0.5, 0.6) is 0 Å². The molecule has 8 aromatic carbocycles. The summed E-state index contributed by atoms with van der Waals surface area (Å²) in [6.45, 7) is 0. The number of fused-ring (bicyclic) bond motifs is 9. The van der Waals surface area contributed by atoms with Gasteiger partial charge in [0.25, 0.3) is 0 Å². The predicted octanol–water partition coefficient (Wildman–Crippen LogP) is 15.2. The molecule has 0 aliphatic heterocycles. The third kappa shape index (κ3) is 6.14. The second-order valence-corrected chi connectivity index (χ2v) is 17.5. The summed E-state index contributed by atoms with van der Waals surface area (Å²) >= 11 is 0. The van der Waals surface area contributed by atoms with Gasteiger partial charge in [0, 0.05) is 50.6 Å². The SMILES string of the molecule is c1ccc(-c2cc(-c3ccc(-c4cc(-n5c6ccccc6c6ncccc65)c(-n5c6ccccc6c6ccccc65)c(-n5c6ccccc6c6ncccc65)c4)cc3)nc(-c3ccccc3)n2)cc1. The highest BCUT2D eigenvalue weighted by molar-refractivity contribution is 6.13. The fraction of sp³-hybridized carbons (Fsp3) is 0. The summed E-state index contributed by atoms with van der Waals surface area (Å²) in [5.74, 6) is 0.687. The molecule has 69 heavy (non-hydrogen) atoms. The van der Waals surface area contributed by atoms with Gasteiger partial charge in [-0.25, -0.2) is 9.97 Å². The van der Waals surface area contributed by atoms with Crippen LogP contribution in [0.25, 0.3) is 128 Å². The number of hydrogen-bond acceptors (Lipinski definition) is 4. The molecule has 0 atom stereocenters. The Labute approximate surface area is 396 Å². The van der Waals surface area contributed by atoms with E-state index in [1.165, 1.54) is 10.8 Å². The van der Waals surface area contributed by atoms with E-state index < -0.39 is 0 Å². The number of nitrogens with zero attached hydrogens (tertiary/aromatic N) is 7. The average molecular weight is 882 g/mol. The van der Waals surface area contributed by atoms with Crippen molar-refractivity contribution in [3.05, 3.63) is 237 Å². The van der Waals surface area contributed by atoms with E-state index in [2.05, 4.69) is 202 Å². The van der Waals surface area contributed by atoms with E-state index in [1.54, 1.807) is 0 Å². The van der Waals surface area contributed by atoms with Crippen molar-refractivity contribution in [2.45, 2.75) is 0 Å². The second kappa shape index (κ2) is 15.6. The van der Waals surface area contributed by atoms with E-state index in [0.717, 1.165) is 111 Å². The van der Waals surface area contributed by atoms with Crippen LogP contribution in [-0.4, -0.2) is 33.6 Å². The molecule has 0 saturated carbocycles. The molecule has 322 valence electrons. The standard InChI is InChI=1S/C62H39N7/c1-3-17-41(18-4-1)49-39-50(66-62(65-49)43-19-5-2-6-20-43)42-33-31-40(32-34-42)44-37-57(67-53-27-13-9-23-47(53)59-55(67)29-15-35-63-59)61(69-51-25-11-7-21-45(51)46-22-8-12-26-52(46)69)58(38-44)68-54-28-14-10-24-48(54)60-56(68)30-16-36-64-60/h1-39H. The zero-order chi connectivity index (χ0) is 45.4. The summed E-state index contributed by atoms with van der Waals surface area (Å²) in [4.78, 5) is 20.3. The summed E-state index contributed by atoms with van der Waals surface area (Å²) in [6, 6.07) is 79.5. The first-order valence-electron chi connectivity index (χ1n) is 23.2. The zero-order valence-electron chi connectivity index (χ0n) is 37.1. The summed E-state index contributed by atoms with van der Waals surface area (Å²) in [6.07, 6.45) is 3.79. The smallest absolute Gasteiger partial charge is 0.160 e. The van der Waals surface area contributed by atoms with Gasteiger partial charge in [0.2, 0.25) is 0 Å². The largest absolute Gasteiger partial charge is 0.305 e. The maximum Gasteiger partial charge on any atom is 0.160 e. The van der Waals surface area contributed by atoms with Crippen molar-refractivity contribution in [1.82, 2.24) is 33.6 Å². The number of hydrogen-bond donors (Lipinski definition) is 0.